The van der Waals surface area contributed by atoms with Gasteiger partial charge in [-0.2, -0.15) is 0 Å². The number of carboxylic acid groups (broad SMARTS) is 1. The summed E-state index contributed by atoms with van der Waals surface area (Å²) in [6.45, 7) is 0. The minimum absolute atomic E-state index is 0.386. The molecule has 0 atom stereocenters. The SMILES string of the molecule is O=C(O)c1ccn(C2CC2)c1. The summed E-state index contributed by atoms with van der Waals surface area (Å²) in [7, 11) is 0. The molecule has 0 unspecified atom stereocenters. The van der Waals surface area contributed by atoms with E-state index in [4.69, 9.17) is 5.11 Å². The van der Waals surface area contributed by atoms with Crippen LogP contribution in [0.3, 0.4) is 0 Å². The van der Waals surface area contributed by atoms with Gasteiger partial charge in [0.1, 0.15) is 0 Å². The van der Waals surface area contributed by atoms with E-state index in [2.05, 4.69) is 0 Å². The molecule has 1 aliphatic carbocycles. The summed E-state index contributed by atoms with van der Waals surface area (Å²) in [5, 5.41) is 8.59. The van der Waals surface area contributed by atoms with Crippen molar-refractivity contribution in [3.8, 4) is 0 Å². The normalized spacial score (nSPS) is 16.7. The first kappa shape index (κ1) is 6.46. The van der Waals surface area contributed by atoms with Gasteiger partial charge in [-0.15, -0.1) is 0 Å². The number of hydrogen-bond donors (Lipinski definition) is 1. The second-order valence-corrected chi connectivity index (χ2v) is 2.88. The highest BCUT2D eigenvalue weighted by atomic mass is 16.4. The first-order valence-corrected chi connectivity index (χ1v) is 3.68. The van der Waals surface area contributed by atoms with Gasteiger partial charge < -0.3 is 9.67 Å². The third-order valence-corrected chi connectivity index (χ3v) is 1.93. The Bertz CT molecular complexity index is 286. The van der Waals surface area contributed by atoms with Gasteiger partial charge in [-0.1, -0.05) is 0 Å². The van der Waals surface area contributed by atoms with E-state index in [1.165, 1.54) is 12.8 Å². The fraction of sp³-hybridized carbons (Fsp3) is 0.375. The molecule has 11 heavy (non-hydrogen) atoms. The summed E-state index contributed by atoms with van der Waals surface area (Å²) >= 11 is 0. The Morgan fingerprint density at radius 2 is 2.36 bits per heavy atom. The maximum Gasteiger partial charge on any atom is 0.337 e. The average molecular weight is 151 g/mol. The van der Waals surface area contributed by atoms with Crippen LogP contribution < -0.4 is 0 Å². The zero-order valence-electron chi connectivity index (χ0n) is 6.03. The van der Waals surface area contributed by atoms with Crippen molar-refractivity contribution in [2.75, 3.05) is 0 Å². The standard InChI is InChI=1S/C8H9NO2/c10-8(11)6-3-4-9(5-6)7-1-2-7/h3-5,7H,1-2H2,(H,10,11). The largest absolute Gasteiger partial charge is 0.478 e. The van der Waals surface area contributed by atoms with Crippen LogP contribution in [0.1, 0.15) is 29.2 Å². The van der Waals surface area contributed by atoms with Gasteiger partial charge in [-0.3, -0.25) is 0 Å². The molecule has 2 rings (SSSR count). The van der Waals surface area contributed by atoms with Crippen LogP contribution in [0, 0.1) is 0 Å². The summed E-state index contributed by atoms with van der Waals surface area (Å²) in [6.07, 6.45) is 5.91. The zero-order chi connectivity index (χ0) is 7.84. The average Bonchev–Trinajstić information content (AvgIpc) is 2.68. The van der Waals surface area contributed by atoms with Gasteiger partial charge in [0.05, 0.1) is 5.56 Å². The number of hydrogen-bond acceptors (Lipinski definition) is 1. The van der Waals surface area contributed by atoms with Crippen molar-refractivity contribution in [3.63, 3.8) is 0 Å². The molecular weight excluding hydrogens is 142 g/mol. The van der Waals surface area contributed by atoms with Crippen molar-refractivity contribution in [1.82, 2.24) is 4.57 Å². The molecule has 58 valence electrons. The number of nitrogens with zero attached hydrogens (tertiary/aromatic N) is 1. The van der Waals surface area contributed by atoms with Gasteiger partial charge in [0, 0.05) is 18.4 Å². The fourth-order valence-electron chi connectivity index (χ4n) is 1.14. The van der Waals surface area contributed by atoms with Crippen molar-refractivity contribution in [1.29, 1.82) is 0 Å². The van der Waals surface area contributed by atoms with Crippen LogP contribution in [0.4, 0.5) is 0 Å². The molecule has 1 N–H and O–H groups in total. The van der Waals surface area contributed by atoms with Crippen molar-refractivity contribution in [2.45, 2.75) is 18.9 Å². The summed E-state index contributed by atoms with van der Waals surface area (Å²) < 4.78 is 1.98. The van der Waals surface area contributed by atoms with Gasteiger partial charge in [0.25, 0.3) is 0 Å². The third-order valence-electron chi connectivity index (χ3n) is 1.93. The molecule has 1 heterocycles. The molecule has 0 amide bonds. The quantitative estimate of drug-likeness (QED) is 0.696. The smallest absolute Gasteiger partial charge is 0.337 e. The topological polar surface area (TPSA) is 42.2 Å². The number of aromatic carboxylic acids is 1. The summed E-state index contributed by atoms with van der Waals surface area (Å²) in [5.41, 5.74) is 0.386. The molecule has 0 spiro atoms. The molecule has 0 bridgehead atoms. The molecule has 1 aliphatic rings. The molecule has 0 aliphatic heterocycles. The van der Waals surface area contributed by atoms with Crippen molar-refractivity contribution < 1.29 is 9.90 Å². The lowest BCUT2D eigenvalue weighted by Gasteiger charge is -1.94. The van der Waals surface area contributed by atoms with E-state index >= 15 is 0 Å². The van der Waals surface area contributed by atoms with Gasteiger partial charge in [0.15, 0.2) is 0 Å². The number of aromatic nitrogens is 1. The van der Waals surface area contributed by atoms with Crippen molar-refractivity contribution in [3.05, 3.63) is 24.0 Å². The molecule has 1 aromatic rings. The Morgan fingerprint density at radius 1 is 1.64 bits per heavy atom. The van der Waals surface area contributed by atoms with Gasteiger partial charge in [-0.05, 0) is 18.9 Å². The number of carbonyl (C=O) groups is 1. The maximum atomic E-state index is 10.4. The Hall–Kier alpha value is -1.25. The summed E-state index contributed by atoms with van der Waals surface area (Å²) in [5.74, 6) is -0.843. The zero-order valence-corrected chi connectivity index (χ0v) is 6.03. The molecule has 0 aromatic carbocycles. The second-order valence-electron chi connectivity index (χ2n) is 2.88. The predicted octanol–water partition coefficient (Wildman–Crippen LogP) is 1.52. The highest BCUT2D eigenvalue weighted by molar-refractivity contribution is 5.87. The van der Waals surface area contributed by atoms with Crippen LogP contribution in [0.15, 0.2) is 18.5 Å². The van der Waals surface area contributed by atoms with Crippen LogP contribution in [-0.4, -0.2) is 15.6 Å². The molecule has 3 nitrogen and oxygen atoms in total. The minimum Gasteiger partial charge on any atom is -0.478 e. The van der Waals surface area contributed by atoms with Crippen LogP contribution in [0.5, 0.6) is 0 Å². The van der Waals surface area contributed by atoms with Gasteiger partial charge >= 0.3 is 5.97 Å². The Balaban J connectivity index is 2.25. The molecule has 3 heteroatoms. The molecule has 1 fully saturated rings. The molecule has 1 aromatic heterocycles. The highest BCUT2D eigenvalue weighted by Crippen LogP contribution is 2.34. The van der Waals surface area contributed by atoms with E-state index in [0.29, 0.717) is 11.6 Å². The van der Waals surface area contributed by atoms with E-state index < -0.39 is 5.97 Å². The fourth-order valence-corrected chi connectivity index (χ4v) is 1.14. The Morgan fingerprint density at radius 3 is 2.82 bits per heavy atom. The molecule has 1 saturated carbocycles. The van der Waals surface area contributed by atoms with Crippen LogP contribution in [0.2, 0.25) is 0 Å². The van der Waals surface area contributed by atoms with E-state index in [-0.39, 0.29) is 0 Å². The first-order chi connectivity index (χ1) is 5.27. The van der Waals surface area contributed by atoms with E-state index in [1.807, 2.05) is 10.8 Å². The third kappa shape index (κ3) is 1.13. The van der Waals surface area contributed by atoms with Crippen LogP contribution >= 0.6 is 0 Å². The lowest BCUT2D eigenvalue weighted by molar-refractivity contribution is 0.0697. The lowest BCUT2D eigenvalue weighted by atomic mass is 10.4. The predicted molar refractivity (Wildman–Crippen MR) is 39.7 cm³/mol. The summed E-state index contributed by atoms with van der Waals surface area (Å²) in [4.78, 5) is 10.4. The Labute approximate surface area is 64.3 Å². The summed E-state index contributed by atoms with van der Waals surface area (Å²) in [6, 6.07) is 2.21. The van der Waals surface area contributed by atoms with Crippen molar-refractivity contribution in [2.24, 2.45) is 0 Å². The minimum atomic E-state index is -0.843. The van der Waals surface area contributed by atoms with E-state index in [9.17, 15) is 4.79 Å². The second kappa shape index (κ2) is 2.12. The van der Waals surface area contributed by atoms with Crippen LogP contribution in [0.25, 0.3) is 0 Å². The molecular formula is C8H9NO2. The highest BCUT2D eigenvalue weighted by Gasteiger charge is 2.23. The maximum absolute atomic E-state index is 10.4. The van der Waals surface area contributed by atoms with Gasteiger partial charge in [-0.25, -0.2) is 4.79 Å². The van der Waals surface area contributed by atoms with Crippen molar-refractivity contribution >= 4 is 5.97 Å². The van der Waals surface area contributed by atoms with E-state index in [1.54, 1.807) is 12.3 Å². The van der Waals surface area contributed by atoms with Gasteiger partial charge in [0.2, 0.25) is 0 Å². The van der Waals surface area contributed by atoms with E-state index in [0.717, 1.165) is 0 Å². The lowest BCUT2D eigenvalue weighted by Crippen LogP contribution is -1.94. The Kier molecular flexibility index (Phi) is 1.24. The number of rotatable bonds is 2. The first-order valence-electron chi connectivity index (χ1n) is 3.68. The molecule has 0 saturated heterocycles. The van der Waals surface area contributed by atoms with Crippen LogP contribution in [-0.2, 0) is 0 Å². The monoisotopic (exact) mass is 151 g/mol. The number of carboxylic acids is 1. The molecule has 0 radical (unpaired) electrons.